The quantitative estimate of drug-likeness (QED) is 0.570. The van der Waals surface area contributed by atoms with Crippen molar-refractivity contribution < 1.29 is 10.2 Å². The van der Waals surface area contributed by atoms with E-state index in [1.54, 1.807) is 0 Å². The summed E-state index contributed by atoms with van der Waals surface area (Å²) in [5, 5.41) is 19.8. The fraction of sp³-hybridized carbons (Fsp3) is 1.00. The first kappa shape index (κ1) is 8.52. The van der Waals surface area contributed by atoms with E-state index in [2.05, 4.69) is 13.8 Å². The average Bonchev–Trinajstić information content (AvgIpc) is 2.42. The standard InChI is InChI=1S/C10H18O2/c1-9(2)5-6(9)8(12)10(3,4)7(5)11/h5-8,11-12H,1-4H3. The maximum atomic E-state index is 9.91. The monoisotopic (exact) mass is 170 g/mol. The van der Waals surface area contributed by atoms with Gasteiger partial charge in [0.15, 0.2) is 0 Å². The van der Waals surface area contributed by atoms with E-state index < -0.39 is 0 Å². The van der Waals surface area contributed by atoms with Gasteiger partial charge in [0, 0.05) is 5.41 Å². The lowest BCUT2D eigenvalue weighted by Crippen LogP contribution is -2.39. The smallest absolute Gasteiger partial charge is 0.0653 e. The van der Waals surface area contributed by atoms with Gasteiger partial charge in [0.1, 0.15) is 0 Å². The molecule has 70 valence electrons. The highest BCUT2D eigenvalue weighted by atomic mass is 16.3. The number of rotatable bonds is 0. The third kappa shape index (κ3) is 0.686. The molecule has 2 nitrogen and oxygen atoms in total. The molecule has 4 atom stereocenters. The van der Waals surface area contributed by atoms with Crippen LogP contribution in [0.3, 0.4) is 0 Å². The normalized spacial score (nSPS) is 53.5. The topological polar surface area (TPSA) is 40.5 Å². The fourth-order valence-corrected chi connectivity index (χ4v) is 3.03. The zero-order chi connectivity index (χ0) is 9.31. The Morgan fingerprint density at radius 3 is 1.33 bits per heavy atom. The molecule has 2 heteroatoms. The van der Waals surface area contributed by atoms with E-state index in [9.17, 15) is 10.2 Å². The highest BCUT2D eigenvalue weighted by molar-refractivity contribution is 5.21. The Kier molecular flexibility index (Phi) is 1.33. The molecule has 0 aliphatic heterocycles. The zero-order valence-electron chi connectivity index (χ0n) is 8.20. The third-order valence-electron chi connectivity index (χ3n) is 4.20. The van der Waals surface area contributed by atoms with Crippen LogP contribution in [0.25, 0.3) is 0 Å². The molecular formula is C10H18O2. The van der Waals surface area contributed by atoms with Gasteiger partial charge in [-0.1, -0.05) is 27.7 Å². The summed E-state index contributed by atoms with van der Waals surface area (Å²) >= 11 is 0. The molecule has 0 spiro atoms. The van der Waals surface area contributed by atoms with Crippen LogP contribution in [-0.4, -0.2) is 22.4 Å². The molecule has 4 unspecified atom stereocenters. The molecule has 2 fully saturated rings. The van der Waals surface area contributed by atoms with Gasteiger partial charge < -0.3 is 10.2 Å². The summed E-state index contributed by atoms with van der Waals surface area (Å²) in [7, 11) is 0. The first-order valence-electron chi connectivity index (χ1n) is 4.67. The van der Waals surface area contributed by atoms with Gasteiger partial charge >= 0.3 is 0 Å². The van der Waals surface area contributed by atoms with Crippen LogP contribution in [0, 0.1) is 22.7 Å². The number of aliphatic hydroxyl groups is 2. The molecule has 2 rings (SSSR count). The second-order valence-electron chi connectivity index (χ2n) is 5.58. The molecule has 0 aromatic carbocycles. The second-order valence-corrected chi connectivity index (χ2v) is 5.58. The minimum Gasteiger partial charge on any atom is -0.392 e. The van der Waals surface area contributed by atoms with Crippen LogP contribution in [-0.2, 0) is 0 Å². The Morgan fingerprint density at radius 1 is 0.750 bits per heavy atom. The fourth-order valence-electron chi connectivity index (χ4n) is 3.03. The predicted octanol–water partition coefficient (Wildman–Crippen LogP) is 1.02. The minimum absolute atomic E-state index is 0.161. The van der Waals surface area contributed by atoms with Gasteiger partial charge in [0.05, 0.1) is 12.2 Å². The van der Waals surface area contributed by atoms with E-state index >= 15 is 0 Å². The molecule has 0 heterocycles. The molecule has 2 saturated carbocycles. The van der Waals surface area contributed by atoms with Crippen molar-refractivity contribution in [3.63, 3.8) is 0 Å². The molecule has 0 aromatic heterocycles. The largest absolute Gasteiger partial charge is 0.392 e. The van der Waals surface area contributed by atoms with E-state index in [4.69, 9.17) is 0 Å². The van der Waals surface area contributed by atoms with E-state index in [0.717, 1.165) is 0 Å². The number of aliphatic hydroxyl groups excluding tert-OH is 2. The lowest BCUT2D eigenvalue weighted by atomic mass is 9.78. The van der Waals surface area contributed by atoms with E-state index in [1.165, 1.54) is 0 Å². The molecule has 2 aliphatic carbocycles. The van der Waals surface area contributed by atoms with Crippen molar-refractivity contribution in [2.75, 3.05) is 0 Å². The lowest BCUT2D eigenvalue weighted by Gasteiger charge is -2.33. The van der Waals surface area contributed by atoms with Crippen LogP contribution in [0.5, 0.6) is 0 Å². The van der Waals surface area contributed by atoms with Crippen molar-refractivity contribution in [1.82, 2.24) is 0 Å². The van der Waals surface area contributed by atoms with Crippen LogP contribution in [0.15, 0.2) is 0 Å². The van der Waals surface area contributed by atoms with Crippen molar-refractivity contribution in [3.05, 3.63) is 0 Å². The lowest BCUT2D eigenvalue weighted by molar-refractivity contribution is -0.0415. The average molecular weight is 170 g/mol. The summed E-state index contributed by atoms with van der Waals surface area (Å²) in [4.78, 5) is 0. The summed E-state index contributed by atoms with van der Waals surface area (Å²) in [5.74, 6) is 0.644. The predicted molar refractivity (Wildman–Crippen MR) is 46.6 cm³/mol. The number of fused-ring (bicyclic) bond motifs is 1. The van der Waals surface area contributed by atoms with Crippen LogP contribution in [0.2, 0.25) is 0 Å². The summed E-state index contributed by atoms with van der Waals surface area (Å²) < 4.78 is 0. The van der Waals surface area contributed by atoms with Crippen LogP contribution in [0.1, 0.15) is 27.7 Å². The first-order valence-corrected chi connectivity index (χ1v) is 4.67. The highest BCUT2D eigenvalue weighted by Gasteiger charge is 2.73. The molecule has 0 aromatic rings. The summed E-state index contributed by atoms with van der Waals surface area (Å²) in [6.07, 6.45) is -0.653. The van der Waals surface area contributed by atoms with Gasteiger partial charge in [0.2, 0.25) is 0 Å². The van der Waals surface area contributed by atoms with Gasteiger partial charge in [0.25, 0.3) is 0 Å². The third-order valence-corrected chi connectivity index (χ3v) is 4.20. The molecule has 0 saturated heterocycles. The van der Waals surface area contributed by atoms with Gasteiger partial charge in [-0.3, -0.25) is 0 Å². The first-order chi connectivity index (χ1) is 5.31. The van der Waals surface area contributed by atoms with Gasteiger partial charge in [-0.15, -0.1) is 0 Å². The molecule has 12 heavy (non-hydrogen) atoms. The number of hydrogen-bond acceptors (Lipinski definition) is 2. The van der Waals surface area contributed by atoms with Crippen LogP contribution < -0.4 is 0 Å². The molecule has 2 N–H and O–H groups in total. The van der Waals surface area contributed by atoms with E-state index in [1.807, 2.05) is 13.8 Å². The molecule has 2 aliphatic rings. The summed E-state index contributed by atoms with van der Waals surface area (Å²) in [5.41, 5.74) is -0.140. The van der Waals surface area contributed by atoms with Crippen molar-refractivity contribution in [1.29, 1.82) is 0 Å². The Hall–Kier alpha value is -0.0800. The van der Waals surface area contributed by atoms with Gasteiger partial charge in [-0.05, 0) is 17.3 Å². The Morgan fingerprint density at radius 2 is 1.08 bits per heavy atom. The molecular weight excluding hydrogens is 152 g/mol. The van der Waals surface area contributed by atoms with Crippen molar-refractivity contribution in [2.45, 2.75) is 39.9 Å². The highest BCUT2D eigenvalue weighted by Crippen LogP contribution is 2.70. The Bertz CT molecular complexity index is 196. The van der Waals surface area contributed by atoms with Gasteiger partial charge in [-0.2, -0.15) is 0 Å². The summed E-state index contributed by atoms with van der Waals surface area (Å²) in [6, 6.07) is 0. The number of hydrogen-bond donors (Lipinski definition) is 2. The maximum absolute atomic E-state index is 9.91. The van der Waals surface area contributed by atoms with Crippen LogP contribution in [0.4, 0.5) is 0 Å². The Labute approximate surface area is 73.6 Å². The molecule has 0 bridgehead atoms. The SMILES string of the molecule is CC1(C)C(O)C2C(C1O)C2(C)C. The van der Waals surface area contributed by atoms with Crippen molar-refractivity contribution in [3.8, 4) is 0 Å². The van der Waals surface area contributed by atoms with Crippen LogP contribution >= 0.6 is 0 Å². The zero-order valence-corrected chi connectivity index (χ0v) is 8.20. The van der Waals surface area contributed by atoms with Crippen molar-refractivity contribution >= 4 is 0 Å². The second kappa shape index (κ2) is 1.88. The van der Waals surface area contributed by atoms with E-state index in [0.29, 0.717) is 11.8 Å². The Balaban J connectivity index is 2.28. The van der Waals surface area contributed by atoms with E-state index in [-0.39, 0.29) is 23.0 Å². The van der Waals surface area contributed by atoms with Gasteiger partial charge in [-0.25, -0.2) is 0 Å². The molecule has 0 radical (unpaired) electrons. The maximum Gasteiger partial charge on any atom is 0.0653 e. The molecule has 0 amide bonds. The minimum atomic E-state index is -0.326. The summed E-state index contributed by atoms with van der Waals surface area (Å²) in [6.45, 7) is 8.16. The van der Waals surface area contributed by atoms with Crippen molar-refractivity contribution in [2.24, 2.45) is 22.7 Å².